The number of fused-ring (bicyclic) bond motifs is 1. The molecular formula is C18H26N4O3. The lowest BCUT2D eigenvalue weighted by atomic mass is 9.83. The van der Waals surface area contributed by atoms with Crippen molar-refractivity contribution in [3.8, 4) is 5.88 Å². The van der Waals surface area contributed by atoms with E-state index in [9.17, 15) is 9.59 Å². The van der Waals surface area contributed by atoms with E-state index in [1.807, 2.05) is 0 Å². The van der Waals surface area contributed by atoms with Crippen molar-refractivity contribution in [3.05, 3.63) is 18.3 Å². The van der Waals surface area contributed by atoms with Crippen molar-refractivity contribution >= 4 is 17.5 Å². The Bertz CT molecular complexity index is 620. The topological polar surface area (TPSA) is 83.6 Å². The van der Waals surface area contributed by atoms with Gasteiger partial charge in [-0.1, -0.05) is 6.42 Å². The van der Waals surface area contributed by atoms with Crippen LogP contribution in [-0.4, -0.2) is 54.5 Å². The van der Waals surface area contributed by atoms with Gasteiger partial charge in [-0.2, -0.15) is 0 Å². The van der Waals surface area contributed by atoms with E-state index in [0.717, 1.165) is 25.9 Å². The summed E-state index contributed by atoms with van der Waals surface area (Å²) in [5.74, 6) is -0.589. The predicted octanol–water partition coefficient (Wildman–Crippen LogP) is 1.41. The van der Waals surface area contributed by atoms with Crippen molar-refractivity contribution in [2.75, 3.05) is 32.1 Å². The molecule has 2 N–H and O–H groups in total. The Hall–Kier alpha value is -2.15. The zero-order valence-electron chi connectivity index (χ0n) is 14.7. The molecule has 3 rings (SSSR count). The zero-order valence-corrected chi connectivity index (χ0v) is 14.7. The number of carbonyl (C=O) groups excluding carboxylic acids is 2. The standard InChI is InChI=1S/C18H26N4O3/c1-25-18-14(7-4-9-19-18)21-17(24)16(23)20-12-13-6-5-11-22-10-3-2-8-15(13)22/h4,7,9,13,15H,2-3,5-6,8,10-12H2,1H3,(H,20,23)(H,21,24). The van der Waals surface area contributed by atoms with Gasteiger partial charge in [0.2, 0.25) is 5.88 Å². The minimum absolute atomic E-state index is 0.286. The van der Waals surface area contributed by atoms with Crippen LogP contribution >= 0.6 is 0 Å². The van der Waals surface area contributed by atoms with Gasteiger partial charge < -0.3 is 20.3 Å². The number of amides is 2. The van der Waals surface area contributed by atoms with Crippen molar-refractivity contribution in [3.63, 3.8) is 0 Å². The van der Waals surface area contributed by atoms with Gasteiger partial charge >= 0.3 is 11.8 Å². The smallest absolute Gasteiger partial charge is 0.313 e. The number of rotatable bonds is 4. The molecule has 0 radical (unpaired) electrons. The number of pyridine rings is 1. The first-order chi connectivity index (χ1) is 12.2. The Morgan fingerprint density at radius 3 is 2.92 bits per heavy atom. The minimum Gasteiger partial charge on any atom is -0.480 e. The number of anilines is 1. The average molecular weight is 346 g/mol. The summed E-state index contributed by atoms with van der Waals surface area (Å²) in [5, 5.41) is 5.36. The number of piperidine rings is 2. The summed E-state index contributed by atoms with van der Waals surface area (Å²) in [7, 11) is 1.47. The summed E-state index contributed by atoms with van der Waals surface area (Å²) in [6.07, 6.45) is 7.56. The molecule has 1 aromatic heterocycles. The van der Waals surface area contributed by atoms with Crippen molar-refractivity contribution in [1.82, 2.24) is 15.2 Å². The molecule has 136 valence electrons. The number of nitrogens with zero attached hydrogens (tertiary/aromatic N) is 2. The van der Waals surface area contributed by atoms with Crippen molar-refractivity contribution in [2.24, 2.45) is 5.92 Å². The quantitative estimate of drug-likeness (QED) is 0.806. The molecule has 1 aromatic rings. The van der Waals surface area contributed by atoms with E-state index in [1.54, 1.807) is 18.3 Å². The second-order valence-electron chi connectivity index (χ2n) is 6.73. The molecule has 0 spiro atoms. The molecule has 7 nitrogen and oxygen atoms in total. The van der Waals surface area contributed by atoms with Gasteiger partial charge in [0.15, 0.2) is 0 Å². The van der Waals surface area contributed by atoms with Crippen molar-refractivity contribution in [1.29, 1.82) is 0 Å². The molecule has 0 bridgehead atoms. The third-order valence-corrected chi connectivity index (χ3v) is 5.17. The van der Waals surface area contributed by atoms with E-state index in [2.05, 4.69) is 20.5 Å². The molecule has 25 heavy (non-hydrogen) atoms. The lowest BCUT2D eigenvalue weighted by Gasteiger charge is -2.44. The highest BCUT2D eigenvalue weighted by Gasteiger charge is 2.33. The second-order valence-corrected chi connectivity index (χ2v) is 6.73. The SMILES string of the molecule is COc1ncccc1NC(=O)C(=O)NCC1CCCN2CCCCC12. The number of hydrogen-bond acceptors (Lipinski definition) is 5. The highest BCUT2D eigenvalue weighted by atomic mass is 16.5. The van der Waals surface area contributed by atoms with Crippen LogP contribution < -0.4 is 15.4 Å². The molecule has 2 fully saturated rings. The van der Waals surface area contributed by atoms with Crippen LogP contribution in [0.2, 0.25) is 0 Å². The van der Waals surface area contributed by atoms with Crippen molar-refractivity contribution < 1.29 is 14.3 Å². The van der Waals surface area contributed by atoms with Crippen LogP contribution in [0.5, 0.6) is 5.88 Å². The highest BCUT2D eigenvalue weighted by molar-refractivity contribution is 6.39. The van der Waals surface area contributed by atoms with Gasteiger partial charge in [0.1, 0.15) is 5.69 Å². The van der Waals surface area contributed by atoms with Crippen LogP contribution in [0.1, 0.15) is 32.1 Å². The van der Waals surface area contributed by atoms with Crippen LogP contribution in [0.25, 0.3) is 0 Å². The van der Waals surface area contributed by atoms with Gasteiger partial charge in [-0.15, -0.1) is 0 Å². The molecule has 2 unspecified atom stereocenters. The Balaban J connectivity index is 1.52. The lowest BCUT2D eigenvalue weighted by Crippen LogP contribution is -2.51. The molecule has 7 heteroatoms. The fourth-order valence-electron chi connectivity index (χ4n) is 3.95. The monoisotopic (exact) mass is 346 g/mol. The van der Waals surface area contributed by atoms with E-state index in [0.29, 0.717) is 24.2 Å². The van der Waals surface area contributed by atoms with E-state index in [-0.39, 0.29) is 5.88 Å². The Morgan fingerprint density at radius 1 is 1.24 bits per heavy atom. The van der Waals surface area contributed by atoms with Gasteiger partial charge in [0, 0.05) is 18.8 Å². The Labute approximate surface area is 148 Å². The molecule has 2 atom stereocenters. The molecule has 2 amide bonds. The first-order valence-electron chi connectivity index (χ1n) is 9.01. The largest absolute Gasteiger partial charge is 0.480 e. The van der Waals surface area contributed by atoms with Gasteiger partial charge in [0.05, 0.1) is 7.11 Å². The molecule has 0 aromatic carbocycles. The molecule has 2 aliphatic heterocycles. The van der Waals surface area contributed by atoms with E-state index < -0.39 is 11.8 Å². The summed E-state index contributed by atoms with van der Waals surface area (Å²) >= 11 is 0. The van der Waals surface area contributed by atoms with Gasteiger partial charge in [-0.05, 0) is 56.8 Å². The van der Waals surface area contributed by atoms with E-state index >= 15 is 0 Å². The fraction of sp³-hybridized carbons (Fsp3) is 0.611. The number of methoxy groups -OCH3 is 1. The van der Waals surface area contributed by atoms with Gasteiger partial charge in [0.25, 0.3) is 0 Å². The summed E-state index contributed by atoms with van der Waals surface area (Å²) in [6, 6.07) is 3.87. The van der Waals surface area contributed by atoms with Crippen LogP contribution in [0.3, 0.4) is 0 Å². The number of ether oxygens (including phenoxy) is 1. The number of carbonyl (C=O) groups is 2. The van der Waals surface area contributed by atoms with Crippen LogP contribution in [0.15, 0.2) is 18.3 Å². The summed E-state index contributed by atoms with van der Waals surface area (Å²) in [5.41, 5.74) is 0.390. The second kappa shape index (κ2) is 8.29. The number of nitrogens with one attached hydrogen (secondary N) is 2. The maximum atomic E-state index is 12.2. The Kier molecular flexibility index (Phi) is 5.86. The first-order valence-corrected chi connectivity index (χ1v) is 9.01. The molecule has 0 saturated carbocycles. The molecule has 0 aliphatic carbocycles. The summed E-state index contributed by atoms with van der Waals surface area (Å²) in [6.45, 7) is 2.88. The molecule has 3 heterocycles. The number of aromatic nitrogens is 1. The van der Waals surface area contributed by atoms with Crippen molar-refractivity contribution in [2.45, 2.75) is 38.1 Å². The normalized spacial score (nSPS) is 23.4. The molecule has 2 aliphatic rings. The summed E-state index contributed by atoms with van der Waals surface area (Å²) in [4.78, 5) is 30.8. The van der Waals surface area contributed by atoms with Gasteiger partial charge in [-0.25, -0.2) is 4.98 Å². The fourth-order valence-corrected chi connectivity index (χ4v) is 3.95. The van der Waals surface area contributed by atoms with E-state index in [4.69, 9.17) is 4.74 Å². The maximum Gasteiger partial charge on any atom is 0.313 e. The highest BCUT2D eigenvalue weighted by Crippen LogP contribution is 2.30. The molecular weight excluding hydrogens is 320 g/mol. The Morgan fingerprint density at radius 2 is 2.08 bits per heavy atom. The van der Waals surface area contributed by atoms with Crippen LogP contribution in [-0.2, 0) is 9.59 Å². The van der Waals surface area contributed by atoms with Gasteiger partial charge in [-0.3, -0.25) is 9.59 Å². The maximum absolute atomic E-state index is 12.2. The van der Waals surface area contributed by atoms with Crippen LogP contribution in [0.4, 0.5) is 5.69 Å². The third kappa shape index (κ3) is 4.28. The third-order valence-electron chi connectivity index (χ3n) is 5.17. The molecule has 2 saturated heterocycles. The first kappa shape index (κ1) is 17.7. The summed E-state index contributed by atoms with van der Waals surface area (Å²) < 4.78 is 5.08. The van der Waals surface area contributed by atoms with E-state index in [1.165, 1.54) is 26.4 Å². The zero-order chi connectivity index (χ0) is 17.6. The average Bonchev–Trinajstić information content (AvgIpc) is 2.66. The number of hydrogen-bond donors (Lipinski definition) is 2. The predicted molar refractivity (Wildman–Crippen MR) is 94.4 cm³/mol. The van der Waals surface area contributed by atoms with Crippen LogP contribution in [0, 0.1) is 5.92 Å². The minimum atomic E-state index is -0.692. The lowest BCUT2D eigenvalue weighted by molar-refractivity contribution is -0.136.